The van der Waals surface area contributed by atoms with Crippen LogP contribution in [0.2, 0.25) is 0 Å². The van der Waals surface area contributed by atoms with Crippen LogP contribution in [-0.2, 0) is 24.5 Å². The number of benzene rings is 3. The van der Waals surface area contributed by atoms with Crippen molar-refractivity contribution in [2.45, 2.75) is 48.7 Å². The molecule has 0 spiro atoms. The minimum absolute atomic E-state index is 0.684. The average Bonchev–Trinajstić information content (AvgIpc) is 2.86. The Hall–Kier alpha value is -2.58. The predicted octanol–water partition coefficient (Wildman–Crippen LogP) is 2.57. The summed E-state index contributed by atoms with van der Waals surface area (Å²) in [7, 11) is 0. The number of hydrogen-bond acceptors (Lipinski definition) is 6. The van der Waals surface area contributed by atoms with Gasteiger partial charge >= 0.3 is 0 Å². The highest BCUT2D eigenvalue weighted by Gasteiger charge is 2.63. The quantitative estimate of drug-likeness (QED) is 0.604. The summed E-state index contributed by atoms with van der Waals surface area (Å²) in [5.41, 5.74) is 1.75. The molecule has 4 fully saturated rings. The Labute approximate surface area is 185 Å². The van der Waals surface area contributed by atoms with Crippen molar-refractivity contribution in [1.82, 2.24) is 0 Å². The van der Waals surface area contributed by atoms with Gasteiger partial charge in [0.2, 0.25) is 0 Å². The van der Waals surface area contributed by atoms with Gasteiger partial charge < -0.3 is 29.2 Å². The van der Waals surface area contributed by atoms with Gasteiger partial charge in [0.05, 0.1) is 0 Å². The summed E-state index contributed by atoms with van der Waals surface area (Å²) in [6.45, 7) is -0.902. The third kappa shape index (κ3) is 2.96. The van der Waals surface area contributed by atoms with E-state index in [0.717, 1.165) is 16.7 Å². The fraction of sp³-hybridized carbons (Fsp3) is 0.308. The first-order chi connectivity index (χ1) is 15.7. The molecule has 3 aromatic rings. The molecule has 3 unspecified atom stereocenters. The van der Waals surface area contributed by atoms with Crippen molar-refractivity contribution in [3.05, 3.63) is 108 Å². The number of aliphatic hydroxyl groups excluding tert-OH is 2. The van der Waals surface area contributed by atoms with Crippen molar-refractivity contribution >= 4 is 0 Å². The first-order valence-electron chi connectivity index (χ1n) is 10.9. The molecule has 3 saturated heterocycles. The molecule has 3 heterocycles. The van der Waals surface area contributed by atoms with Gasteiger partial charge in [0, 0.05) is 0 Å². The summed E-state index contributed by atoms with van der Waals surface area (Å²) in [5.74, 6) is 0. The summed E-state index contributed by atoms with van der Waals surface area (Å²) in [6.07, 6.45) is -4.89. The molecule has 2 N–H and O–H groups in total. The first-order valence-corrected chi connectivity index (χ1v) is 10.9. The normalized spacial score (nSPS) is 33.4. The van der Waals surface area contributed by atoms with Gasteiger partial charge in [-0.25, -0.2) is 0 Å². The largest absolute Gasteiger partial charge is 0.387 e. The molecule has 1 aliphatic carbocycles. The van der Waals surface area contributed by atoms with Crippen LogP contribution >= 0.6 is 0 Å². The summed E-state index contributed by atoms with van der Waals surface area (Å²) in [6, 6.07) is 29.9. The molecule has 32 heavy (non-hydrogen) atoms. The molecule has 6 nitrogen and oxygen atoms in total. The molecule has 7 rings (SSSR count). The van der Waals surface area contributed by atoms with Gasteiger partial charge in [-0.1, -0.05) is 91.0 Å². The maximum Gasteiger partial charge on any atom is 0.272 e. The fourth-order valence-corrected chi connectivity index (χ4v) is 5.17. The molecule has 164 valence electrons. The second-order valence-electron chi connectivity index (χ2n) is 8.43. The third-order valence-corrected chi connectivity index (χ3v) is 6.65. The smallest absolute Gasteiger partial charge is 0.272 e. The summed E-state index contributed by atoms with van der Waals surface area (Å²) >= 11 is 0. The van der Waals surface area contributed by atoms with E-state index in [2.05, 4.69) is 0 Å². The van der Waals surface area contributed by atoms with Crippen molar-refractivity contribution in [3.63, 3.8) is 0 Å². The van der Waals surface area contributed by atoms with Gasteiger partial charge in [-0.05, 0) is 16.7 Å². The predicted molar refractivity (Wildman–Crippen MR) is 115 cm³/mol. The second-order valence-corrected chi connectivity index (χ2v) is 8.43. The number of rotatable bonds is 5. The number of aliphatic hydroxyl groups is 2. The van der Waals surface area contributed by atoms with Crippen molar-refractivity contribution in [1.29, 1.82) is 0 Å². The van der Waals surface area contributed by atoms with E-state index in [9.17, 15) is 10.2 Å². The molecule has 7 atom stereocenters. The van der Waals surface area contributed by atoms with Gasteiger partial charge in [0.25, 0.3) is 6.48 Å². The van der Waals surface area contributed by atoms with E-state index in [1.165, 1.54) is 0 Å². The van der Waals surface area contributed by atoms with Crippen LogP contribution in [0.3, 0.4) is 0 Å². The Bertz CT molecular complexity index is 943. The van der Waals surface area contributed by atoms with Crippen LogP contribution in [0.25, 0.3) is 0 Å². The van der Waals surface area contributed by atoms with Crippen molar-refractivity contribution in [3.8, 4) is 0 Å². The van der Waals surface area contributed by atoms with E-state index in [1.807, 2.05) is 91.0 Å². The number of ether oxygens (including phenoxy) is 4. The molecule has 4 bridgehead atoms. The highest BCUT2D eigenvalue weighted by atomic mass is 16.9. The Morgan fingerprint density at radius 2 is 0.938 bits per heavy atom. The summed E-state index contributed by atoms with van der Waals surface area (Å²) in [5, 5.41) is 21.7. The topological polar surface area (TPSA) is 77.4 Å². The van der Waals surface area contributed by atoms with Crippen molar-refractivity contribution in [2.24, 2.45) is 0 Å². The van der Waals surface area contributed by atoms with E-state index >= 15 is 0 Å². The highest BCUT2D eigenvalue weighted by molar-refractivity contribution is 5.47. The number of hydrogen-bond donors (Lipinski definition) is 2. The molecule has 3 aliphatic heterocycles. The molecule has 0 radical (unpaired) electrons. The SMILES string of the molecule is O[C@@H]1C2OC3O[C@@H]1C(OC(c1ccccc1)(c1ccccc1)c1ccccc1)[C@H](O3)[C@@H]2O. The van der Waals surface area contributed by atoms with Crippen LogP contribution in [0, 0.1) is 0 Å². The van der Waals surface area contributed by atoms with E-state index in [0.29, 0.717) is 0 Å². The lowest BCUT2D eigenvalue weighted by Gasteiger charge is -2.58. The van der Waals surface area contributed by atoms with Gasteiger partial charge in [0.1, 0.15) is 42.2 Å². The van der Waals surface area contributed by atoms with Crippen LogP contribution in [0.15, 0.2) is 91.0 Å². The Balaban J connectivity index is 1.54. The molecule has 6 heteroatoms. The van der Waals surface area contributed by atoms with Crippen LogP contribution in [0.5, 0.6) is 0 Å². The van der Waals surface area contributed by atoms with Gasteiger partial charge in [-0.15, -0.1) is 0 Å². The zero-order chi connectivity index (χ0) is 21.7. The Kier molecular flexibility index (Phi) is 4.87. The lowest BCUT2D eigenvalue weighted by atomic mass is 9.77. The maximum atomic E-state index is 10.8. The Morgan fingerprint density at radius 1 is 0.562 bits per heavy atom. The molecule has 3 aromatic carbocycles. The average molecular weight is 432 g/mol. The van der Waals surface area contributed by atoms with E-state index in [-0.39, 0.29) is 0 Å². The third-order valence-electron chi connectivity index (χ3n) is 6.65. The van der Waals surface area contributed by atoms with Crippen molar-refractivity contribution < 1.29 is 29.2 Å². The summed E-state index contributed by atoms with van der Waals surface area (Å²) in [4.78, 5) is 0. The zero-order valence-electron chi connectivity index (χ0n) is 17.2. The zero-order valence-corrected chi connectivity index (χ0v) is 17.2. The van der Waals surface area contributed by atoms with E-state index in [4.69, 9.17) is 18.9 Å². The van der Waals surface area contributed by atoms with Gasteiger partial charge in [-0.3, -0.25) is 0 Å². The van der Waals surface area contributed by atoms with Crippen molar-refractivity contribution in [2.75, 3.05) is 0 Å². The molecule has 1 saturated carbocycles. The summed E-state index contributed by atoms with van der Waals surface area (Å²) < 4.78 is 24.1. The highest BCUT2D eigenvalue weighted by Crippen LogP contribution is 2.47. The van der Waals surface area contributed by atoms with Crippen LogP contribution in [0.4, 0.5) is 0 Å². The monoisotopic (exact) mass is 432 g/mol. The fourth-order valence-electron chi connectivity index (χ4n) is 5.17. The molecule has 0 amide bonds. The maximum absolute atomic E-state index is 10.8. The first kappa shape index (κ1) is 20.1. The molecule has 4 aliphatic rings. The Morgan fingerprint density at radius 3 is 1.34 bits per heavy atom. The lowest BCUT2D eigenvalue weighted by molar-refractivity contribution is -0.486. The standard InChI is InChI=1S/C26H24O6/c27-19-21-20(28)23-24(22(19)30-25(29-21)31-23)32-26(16-10-4-1-5-11-16,17-12-6-2-7-13-17)18-14-8-3-9-15-18/h1-15,19-25,27-28H/t19-,20-,21?,22-,23+,24?,25?/m1/s1. The van der Waals surface area contributed by atoms with Crippen LogP contribution in [-0.4, -0.2) is 53.3 Å². The second kappa shape index (κ2) is 7.78. The van der Waals surface area contributed by atoms with Gasteiger partial charge in [-0.2, -0.15) is 0 Å². The van der Waals surface area contributed by atoms with E-state index in [1.54, 1.807) is 0 Å². The minimum Gasteiger partial charge on any atom is -0.387 e. The molecular formula is C26H24O6. The van der Waals surface area contributed by atoms with Crippen LogP contribution in [0.1, 0.15) is 16.7 Å². The minimum atomic E-state index is -1.02. The van der Waals surface area contributed by atoms with Gasteiger partial charge in [0.15, 0.2) is 0 Å². The van der Waals surface area contributed by atoms with E-state index < -0.39 is 48.7 Å². The lowest BCUT2D eigenvalue weighted by Crippen LogP contribution is -2.76. The van der Waals surface area contributed by atoms with Crippen LogP contribution < -0.4 is 0 Å². The molecular weight excluding hydrogens is 408 g/mol. The molecule has 0 aromatic heterocycles.